The molecule has 2 aromatic rings. The van der Waals surface area contributed by atoms with Crippen LogP contribution in [0.25, 0.3) is 0 Å². The van der Waals surface area contributed by atoms with Crippen LogP contribution in [-0.4, -0.2) is 16.6 Å². The fraction of sp³-hybridized carbons (Fsp3) is 0.286. The average molecular weight is 319 g/mol. The maximum Gasteiger partial charge on any atom is 0.127 e. The Bertz CT molecular complexity index is 612. The van der Waals surface area contributed by atoms with E-state index in [0.29, 0.717) is 12.1 Å². The van der Waals surface area contributed by atoms with E-state index in [-0.39, 0.29) is 0 Å². The number of rotatable bonds is 4. The molecular formula is C14H15BrN4. The normalized spacial score (nSPS) is 10.2. The summed E-state index contributed by atoms with van der Waals surface area (Å²) in [5.74, 6) is 0.968. The summed E-state index contributed by atoms with van der Waals surface area (Å²) in [6.07, 6.45) is 3.70. The number of aromatic nitrogens is 2. The fourth-order valence-electron chi connectivity index (χ4n) is 1.93. The van der Waals surface area contributed by atoms with Crippen molar-refractivity contribution in [3.8, 4) is 6.07 Å². The zero-order valence-electron chi connectivity index (χ0n) is 11.0. The van der Waals surface area contributed by atoms with E-state index in [2.05, 4.69) is 27.0 Å². The maximum absolute atomic E-state index is 9.26. The Balaban J connectivity index is 2.26. The van der Waals surface area contributed by atoms with Gasteiger partial charge in [-0.15, -0.1) is 0 Å². The molecule has 0 fully saturated rings. The van der Waals surface area contributed by atoms with Crippen LogP contribution in [0.1, 0.15) is 17.0 Å². The molecule has 0 amide bonds. The van der Waals surface area contributed by atoms with Crippen molar-refractivity contribution in [2.75, 3.05) is 11.9 Å². The smallest absolute Gasteiger partial charge is 0.127 e. The summed E-state index contributed by atoms with van der Waals surface area (Å²) in [6.45, 7) is 0.672. The van der Waals surface area contributed by atoms with Gasteiger partial charge in [-0.1, -0.05) is 22.0 Å². The molecule has 0 saturated carbocycles. The van der Waals surface area contributed by atoms with E-state index in [1.165, 1.54) is 0 Å². The van der Waals surface area contributed by atoms with E-state index < -0.39 is 0 Å². The Morgan fingerprint density at radius 3 is 2.84 bits per heavy atom. The lowest BCUT2D eigenvalue weighted by atomic mass is 10.1. The van der Waals surface area contributed by atoms with Crippen LogP contribution in [0.15, 0.2) is 30.6 Å². The van der Waals surface area contributed by atoms with Gasteiger partial charge in [0.25, 0.3) is 0 Å². The summed E-state index contributed by atoms with van der Waals surface area (Å²) in [5, 5.41) is 10.0. The number of nitrogens with zero attached hydrogens (tertiary/aromatic N) is 4. The first-order valence-corrected chi connectivity index (χ1v) is 7.04. The first-order chi connectivity index (χ1) is 9.15. The number of alkyl halides is 1. The van der Waals surface area contributed by atoms with E-state index in [1.54, 1.807) is 6.20 Å². The lowest BCUT2D eigenvalue weighted by Gasteiger charge is -2.20. The van der Waals surface area contributed by atoms with Crippen molar-refractivity contribution in [2.45, 2.75) is 11.9 Å². The molecule has 0 spiro atoms. The first kappa shape index (κ1) is 13.6. The number of hydrogen-bond donors (Lipinski definition) is 0. The minimum absolute atomic E-state index is 0.672. The fourth-order valence-corrected chi connectivity index (χ4v) is 2.28. The van der Waals surface area contributed by atoms with Gasteiger partial charge in [0, 0.05) is 31.8 Å². The summed E-state index contributed by atoms with van der Waals surface area (Å²) in [4.78, 5) is 6.34. The van der Waals surface area contributed by atoms with E-state index >= 15 is 0 Å². The molecule has 1 heterocycles. The molecule has 0 N–H and O–H groups in total. The van der Waals surface area contributed by atoms with Crippen molar-refractivity contribution < 1.29 is 0 Å². The number of benzene rings is 1. The van der Waals surface area contributed by atoms with Crippen molar-refractivity contribution in [3.05, 3.63) is 47.5 Å². The van der Waals surface area contributed by atoms with Crippen molar-refractivity contribution in [2.24, 2.45) is 7.05 Å². The lowest BCUT2D eigenvalue weighted by Crippen LogP contribution is -2.20. The van der Waals surface area contributed by atoms with Crippen molar-refractivity contribution in [1.82, 2.24) is 9.55 Å². The summed E-state index contributed by atoms with van der Waals surface area (Å²) >= 11 is 3.40. The number of halogens is 1. The summed E-state index contributed by atoms with van der Waals surface area (Å²) < 4.78 is 1.98. The summed E-state index contributed by atoms with van der Waals surface area (Å²) in [7, 11) is 3.94. The van der Waals surface area contributed by atoms with Gasteiger partial charge < -0.3 is 9.47 Å². The second kappa shape index (κ2) is 5.89. The number of hydrogen-bond acceptors (Lipinski definition) is 3. The van der Waals surface area contributed by atoms with Gasteiger partial charge in [0.2, 0.25) is 0 Å². The average Bonchev–Trinajstić information content (AvgIpc) is 2.83. The molecule has 0 atom stereocenters. The molecule has 1 aromatic heterocycles. The Hall–Kier alpha value is -1.80. The largest absolute Gasteiger partial charge is 0.366 e. The topological polar surface area (TPSA) is 44.9 Å². The van der Waals surface area contributed by atoms with Gasteiger partial charge in [-0.3, -0.25) is 0 Å². The van der Waals surface area contributed by atoms with Crippen LogP contribution >= 0.6 is 15.9 Å². The highest BCUT2D eigenvalue weighted by molar-refractivity contribution is 9.08. The van der Waals surface area contributed by atoms with Crippen LogP contribution in [0.4, 0.5) is 5.69 Å². The standard InChI is InChI=1S/C14H15BrN4/c1-18-6-5-17-14(18)10-19(2)13-4-3-11(8-15)7-12(13)9-16/h3-7H,8,10H2,1-2H3. The molecule has 4 nitrogen and oxygen atoms in total. The van der Waals surface area contributed by atoms with Crippen molar-refractivity contribution in [3.63, 3.8) is 0 Å². The minimum atomic E-state index is 0.672. The zero-order chi connectivity index (χ0) is 13.8. The van der Waals surface area contributed by atoms with Gasteiger partial charge in [0.05, 0.1) is 17.8 Å². The molecule has 2 rings (SSSR count). The van der Waals surface area contributed by atoms with Crippen molar-refractivity contribution >= 4 is 21.6 Å². The maximum atomic E-state index is 9.26. The first-order valence-electron chi connectivity index (χ1n) is 5.92. The van der Waals surface area contributed by atoms with Crippen LogP contribution in [-0.2, 0) is 18.9 Å². The molecule has 0 aliphatic heterocycles. The monoisotopic (exact) mass is 318 g/mol. The molecule has 0 radical (unpaired) electrons. The van der Waals surface area contributed by atoms with Gasteiger partial charge in [-0.2, -0.15) is 5.26 Å². The van der Waals surface area contributed by atoms with Gasteiger partial charge in [0.1, 0.15) is 11.9 Å². The van der Waals surface area contributed by atoms with Crippen LogP contribution in [0.2, 0.25) is 0 Å². The van der Waals surface area contributed by atoms with Crippen LogP contribution < -0.4 is 4.90 Å². The third-order valence-electron chi connectivity index (χ3n) is 3.05. The second-order valence-electron chi connectivity index (χ2n) is 4.41. The number of aryl methyl sites for hydroxylation is 1. The predicted molar refractivity (Wildman–Crippen MR) is 79.1 cm³/mol. The predicted octanol–water partition coefficient (Wildman–Crippen LogP) is 2.82. The quantitative estimate of drug-likeness (QED) is 0.814. The Morgan fingerprint density at radius 1 is 1.47 bits per heavy atom. The minimum Gasteiger partial charge on any atom is -0.366 e. The number of nitriles is 1. The molecule has 0 aliphatic rings. The SMILES string of the molecule is CN(Cc1nccn1C)c1ccc(CBr)cc1C#N. The van der Waals surface area contributed by atoms with Gasteiger partial charge in [0.15, 0.2) is 0 Å². The van der Waals surface area contributed by atoms with Crippen LogP contribution in [0.5, 0.6) is 0 Å². The number of imidazole rings is 1. The molecule has 1 aromatic carbocycles. The molecule has 0 unspecified atom stereocenters. The van der Waals surface area contributed by atoms with Crippen LogP contribution in [0, 0.1) is 11.3 Å². The molecule has 98 valence electrons. The van der Waals surface area contributed by atoms with E-state index in [9.17, 15) is 5.26 Å². The zero-order valence-corrected chi connectivity index (χ0v) is 12.6. The third kappa shape index (κ3) is 2.96. The van der Waals surface area contributed by atoms with Crippen molar-refractivity contribution in [1.29, 1.82) is 5.26 Å². The molecular weight excluding hydrogens is 304 g/mol. The van der Waals surface area contributed by atoms with Crippen LogP contribution in [0.3, 0.4) is 0 Å². The third-order valence-corrected chi connectivity index (χ3v) is 3.69. The van der Waals surface area contributed by atoms with Gasteiger partial charge >= 0.3 is 0 Å². The Morgan fingerprint density at radius 2 is 2.26 bits per heavy atom. The van der Waals surface area contributed by atoms with E-state index in [0.717, 1.165) is 22.4 Å². The van der Waals surface area contributed by atoms with Gasteiger partial charge in [-0.05, 0) is 17.7 Å². The van der Waals surface area contributed by atoms with Gasteiger partial charge in [-0.25, -0.2) is 4.98 Å². The summed E-state index contributed by atoms with van der Waals surface area (Å²) in [6, 6.07) is 8.18. The highest BCUT2D eigenvalue weighted by Crippen LogP contribution is 2.22. The molecule has 0 aliphatic carbocycles. The second-order valence-corrected chi connectivity index (χ2v) is 4.97. The molecule has 0 bridgehead atoms. The Kier molecular flexibility index (Phi) is 4.23. The number of anilines is 1. The molecule has 0 saturated heterocycles. The highest BCUT2D eigenvalue weighted by Gasteiger charge is 2.10. The molecule has 5 heteroatoms. The van der Waals surface area contributed by atoms with E-state index in [1.807, 2.05) is 48.0 Å². The highest BCUT2D eigenvalue weighted by atomic mass is 79.9. The lowest BCUT2D eigenvalue weighted by molar-refractivity contribution is 0.761. The Labute approximate surface area is 121 Å². The van der Waals surface area contributed by atoms with E-state index in [4.69, 9.17) is 0 Å². The summed E-state index contributed by atoms with van der Waals surface area (Å²) in [5.41, 5.74) is 2.72. The molecule has 19 heavy (non-hydrogen) atoms.